The van der Waals surface area contributed by atoms with Crippen molar-refractivity contribution in [3.8, 4) is 0 Å². The Morgan fingerprint density at radius 2 is 2.24 bits per heavy atom. The SMILES string of the molecule is Cc1cc(Br)cc(C(=O)N2CCNC[C@@H]2C)c1. The number of halogens is 1. The number of nitrogens with one attached hydrogen (secondary N) is 1. The first kappa shape index (κ1) is 12.6. The summed E-state index contributed by atoms with van der Waals surface area (Å²) in [6.45, 7) is 6.62. The molecule has 1 heterocycles. The quantitative estimate of drug-likeness (QED) is 0.862. The zero-order chi connectivity index (χ0) is 12.4. The van der Waals surface area contributed by atoms with Crippen LogP contribution in [0.15, 0.2) is 22.7 Å². The summed E-state index contributed by atoms with van der Waals surface area (Å²) >= 11 is 3.44. The topological polar surface area (TPSA) is 32.3 Å². The fourth-order valence-electron chi connectivity index (χ4n) is 2.17. The molecule has 92 valence electrons. The van der Waals surface area contributed by atoms with Crippen molar-refractivity contribution < 1.29 is 4.79 Å². The summed E-state index contributed by atoms with van der Waals surface area (Å²) in [5, 5.41) is 3.29. The Kier molecular flexibility index (Phi) is 3.84. The lowest BCUT2D eigenvalue weighted by molar-refractivity contribution is 0.0655. The maximum Gasteiger partial charge on any atom is 0.254 e. The number of rotatable bonds is 1. The summed E-state index contributed by atoms with van der Waals surface area (Å²) in [4.78, 5) is 14.3. The van der Waals surface area contributed by atoms with Crippen LogP contribution in [0, 0.1) is 6.92 Å². The van der Waals surface area contributed by atoms with Crippen LogP contribution in [0.25, 0.3) is 0 Å². The Balaban J connectivity index is 2.23. The molecule has 1 aliphatic heterocycles. The van der Waals surface area contributed by atoms with E-state index >= 15 is 0 Å². The van der Waals surface area contributed by atoms with Crippen molar-refractivity contribution in [2.45, 2.75) is 19.9 Å². The summed E-state index contributed by atoms with van der Waals surface area (Å²) in [6.07, 6.45) is 0. The minimum atomic E-state index is 0.128. The molecule has 0 bridgehead atoms. The number of nitrogens with zero attached hydrogens (tertiary/aromatic N) is 1. The average Bonchev–Trinajstić information content (AvgIpc) is 2.27. The molecule has 3 nitrogen and oxygen atoms in total. The number of hydrogen-bond acceptors (Lipinski definition) is 2. The minimum absolute atomic E-state index is 0.128. The van der Waals surface area contributed by atoms with E-state index in [1.165, 1.54) is 0 Å². The van der Waals surface area contributed by atoms with E-state index in [0.29, 0.717) is 0 Å². The lowest BCUT2D eigenvalue weighted by atomic mass is 10.1. The highest BCUT2D eigenvalue weighted by Crippen LogP contribution is 2.18. The molecule has 1 amide bonds. The average molecular weight is 297 g/mol. The molecule has 1 saturated heterocycles. The molecule has 1 aliphatic rings. The van der Waals surface area contributed by atoms with Gasteiger partial charge in [0.05, 0.1) is 0 Å². The lowest BCUT2D eigenvalue weighted by Gasteiger charge is -2.34. The van der Waals surface area contributed by atoms with Crippen molar-refractivity contribution in [3.63, 3.8) is 0 Å². The molecule has 2 rings (SSSR count). The lowest BCUT2D eigenvalue weighted by Crippen LogP contribution is -2.52. The normalized spacial score (nSPS) is 20.4. The van der Waals surface area contributed by atoms with E-state index in [2.05, 4.69) is 28.2 Å². The summed E-state index contributed by atoms with van der Waals surface area (Å²) in [5.41, 5.74) is 1.87. The van der Waals surface area contributed by atoms with Gasteiger partial charge in [-0.1, -0.05) is 15.9 Å². The highest BCUT2D eigenvalue weighted by atomic mass is 79.9. The standard InChI is InChI=1S/C13H17BrN2O/c1-9-5-11(7-12(14)6-9)13(17)16-4-3-15-8-10(16)2/h5-7,10,15H,3-4,8H2,1-2H3/t10-/m0/s1. The third-order valence-electron chi connectivity index (χ3n) is 3.05. The Bertz CT molecular complexity index is 413. The third kappa shape index (κ3) is 2.87. The van der Waals surface area contributed by atoms with Crippen LogP contribution >= 0.6 is 15.9 Å². The summed E-state index contributed by atoms with van der Waals surface area (Å²) in [5.74, 6) is 0.128. The van der Waals surface area contributed by atoms with Gasteiger partial charge in [0.1, 0.15) is 0 Å². The fourth-order valence-corrected chi connectivity index (χ4v) is 2.78. The van der Waals surface area contributed by atoms with Crippen LogP contribution in [0.5, 0.6) is 0 Å². The van der Waals surface area contributed by atoms with Crippen molar-refractivity contribution in [3.05, 3.63) is 33.8 Å². The monoisotopic (exact) mass is 296 g/mol. The van der Waals surface area contributed by atoms with Gasteiger partial charge in [-0.2, -0.15) is 0 Å². The van der Waals surface area contributed by atoms with E-state index < -0.39 is 0 Å². The van der Waals surface area contributed by atoms with Crippen molar-refractivity contribution in [1.82, 2.24) is 10.2 Å². The molecular weight excluding hydrogens is 280 g/mol. The number of piperazine rings is 1. The van der Waals surface area contributed by atoms with Gasteiger partial charge in [0.25, 0.3) is 5.91 Å². The molecule has 0 unspecified atom stereocenters. The van der Waals surface area contributed by atoms with E-state index in [9.17, 15) is 4.79 Å². The number of aryl methyl sites for hydroxylation is 1. The predicted octanol–water partition coefficient (Wildman–Crippen LogP) is 2.19. The maximum atomic E-state index is 12.4. The van der Waals surface area contributed by atoms with Gasteiger partial charge in [0.15, 0.2) is 0 Å². The third-order valence-corrected chi connectivity index (χ3v) is 3.51. The van der Waals surface area contributed by atoms with Crippen molar-refractivity contribution in [1.29, 1.82) is 0 Å². The van der Waals surface area contributed by atoms with E-state index in [1.54, 1.807) is 0 Å². The fraction of sp³-hybridized carbons (Fsp3) is 0.462. The molecule has 4 heteroatoms. The molecule has 0 aromatic heterocycles. The highest BCUT2D eigenvalue weighted by Gasteiger charge is 2.24. The first-order chi connectivity index (χ1) is 8.08. The van der Waals surface area contributed by atoms with Crippen LogP contribution in [0.3, 0.4) is 0 Å². The number of carbonyl (C=O) groups excluding carboxylic acids is 1. The molecule has 1 fully saturated rings. The smallest absolute Gasteiger partial charge is 0.254 e. The summed E-state index contributed by atoms with van der Waals surface area (Å²) in [6, 6.07) is 6.11. The van der Waals surface area contributed by atoms with Gasteiger partial charge < -0.3 is 10.2 Å². The van der Waals surface area contributed by atoms with Gasteiger partial charge in [0.2, 0.25) is 0 Å². The molecule has 17 heavy (non-hydrogen) atoms. The van der Waals surface area contributed by atoms with Crippen molar-refractivity contribution >= 4 is 21.8 Å². The molecule has 1 atom stereocenters. The zero-order valence-electron chi connectivity index (χ0n) is 10.2. The van der Waals surface area contributed by atoms with Gasteiger partial charge in [0, 0.05) is 35.7 Å². The maximum absolute atomic E-state index is 12.4. The number of carbonyl (C=O) groups is 1. The second-order valence-corrected chi connectivity index (χ2v) is 5.48. The van der Waals surface area contributed by atoms with Crippen molar-refractivity contribution in [2.24, 2.45) is 0 Å². The van der Waals surface area contributed by atoms with Gasteiger partial charge in [-0.25, -0.2) is 0 Å². The van der Waals surface area contributed by atoms with E-state index in [0.717, 1.165) is 35.2 Å². The molecule has 0 saturated carbocycles. The van der Waals surface area contributed by atoms with E-state index in [4.69, 9.17) is 0 Å². The molecule has 1 N–H and O–H groups in total. The van der Waals surface area contributed by atoms with Crippen LogP contribution in [0.2, 0.25) is 0 Å². The van der Waals surface area contributed by atoms with Gasteiger partial charge in [-0.05, 0) is 37.6 Å². The number of hydrogen-bond donors (Lipinski definition) is 1. The van der Waals surface area contributed by atoms with Gasteiger partial charge >= 0.3 is 0 Å². The summed E-state index contributed by atoms with van der Waals surface area (Å²) < 4.78 is 0.962. The first-order valence-corrected chi connectivity index (χ1v) is 6.66. The second kappa shape index (κ2) is 5.19. The van der Waals surface area contributed by atoms with Gasteiger partial charge in [-0.3, -0.25) is 4.79 Å². The second-order valence-electron chi connectivity index (χ2n) is 4.57. The molecule has 1 aromatic carbocycles. The highest BCUT2D eigenvalue weighted by molar-refractivity contribution is 9.10. The molecule has 1 aromatic rings. The van der Waals surface area contributed by atoms with Crippen molar-refractivity contribution in [2.75, 3.05) is 19.6 Å². The molecule has 0 spiro atoms. The number of amides is 1. The van der Waals surface area contributed by atoms with E-state index in [-0.39, 0.29) is 11.9 Å². The Morgan fingerprint density at radius 3 is 2.88 bits per heavy atom. The minimum Gasteiger partial charge on any atom is -0.333 e. The van der Waals surface area contributed by atoms with Crippen LogP contribution in [0.4, 0.5) is 0 Å². The predicted molar refractivity (Wildman–Crippen MR) is 72.2 cm³/mol. The Labute approximate surface area is 110 Å². The van der Waals surface area contributed by atoms with Crippen LogP contribution in [-0.4, -0.2) is 36.5 Å². The number of benzene rings is 1. The molecule has 0 aliphatic carbocycles. The van der Waals surface area contributed by atoms with Crippen LogP contribution in [-0.2, 0) is 0 Å². The van der Waals surface area contributed by atoms with Crippen LogP contribution in [0.1, 0.15) is 22.8 Å². The molecular formula is C13H17BrN2O. The van der Waals surface area contributed by atoms with Crippen LogP contribution < -0.4 is 5.32 Å². The zero-order valence-corrected chi connectivity index (χ0v) is 11.8. The van der Waals surface area contributed by atoms with E-state index in [1.807, 2.05) is 30.0 Å². The Morgan fingerprint density at radius 1 is 1.47 bits per heavy atom. The first-order valence-electron chi connectivity index (χ1n) is 5.87. The Hall–Kier alpha value is -0.870. The molecule has 0 radical (unpaired) electrons. The van der Waals surface area contributed by atoms with Gasteiger partial charge in [-0.15, -0.1) is 0 Å². The summed E-state index contributed by atoms with van der Waals surface area (Å²) in [7, 11) is 0. The largest absolute Gasteiger partial charge is 0.333 e.